The Morgan fingerprint density at radius 3 is 2.16 bits per heavy atom. The molecule has 1 aliphatic heterocycles. The highest BCUT2D eigenvalue weighted by molar-refractivity contribution is 7.13. The molecule has 2 heterocycles. The van der Waals surface area contributed by atoms with Crippen LogP contribution in [-0.2, 0) is 6.18 Å². The summed E-state index contributed by atoms with van der Waals surface area (Å²) >= 11 is 1.13. The molecule has 0 unspecified atom stereocenters. The van der Waals surface area contributed by atoms with E-state index in [0.29, 0.717) is 42.3 Å². The third kappa shape index (κ3) is 4.61. The van der Waals surface area contributed by atoms with E-state index in [-0.39, 0.29) is 17.5 Å². The van der Waals surface area contributed by atoms with Crippen LogP contribution < -0.4 is 0 Å². The molecule has 0 N–H and O–H groups in total. The molecule has 160 valence electrons. The third-order valence-corrected chi connectivity index (χ3v) is 5.93. The van der Waals surface area contributed by atoms with Crippen LogP contribution >= 0.6 is 11.3 Å². The molecule has 1 saturated heterocycles. The fourth-order valence-corrected chi connectivity index (χ4v) is 4.16. The molecule has 0 spiro atoms. The van der Waals surface area contributed by atoms with Crippen molar-refractivity contribution in [2.75, 3.05) is 26.2 Å². The monoisotopic (exact) mass is 445 g/mol. The van der Waals surface area contributed by atoms with Crippen molar-refractivity contribution in [3.05, 3.63) is 76.8 Å². The lowest BCUT2D eigenvalue weighted by atomic mass is 10.1. The highest BCUT2D eigenvalue weighted by Crippen LogP contribution is 2.33. The van der Waals surface area contributed by atoms with Gasteiger partial charge in [-0.2, -0.15) is 13.2 Å². The summed E-state index contributed by atoms with van der Waals surface area (Å²) < 4.78 is 38.9. The Morgan fingerprint density at radius 1 is 0.871 bits per heavy atom. The molecule has 5 nitrogen and oxygen atoms in total. The molecule has 2 amide bonds. The van der Waals surface area contributed by atoms with Crippen molar-refractivity contribution in [2.45, 2.75) is 6.18 Å². The van der Waals surface area contributed by atoms with Crippen LogP contribution in [0.25, 0.3) is 10.6 Å². The molecule has 9 heteroatoms. The molecular weight excluding hydrogens is 427 g/mol. The molecule has 0 atom stereocenters. The van der Waals surface area contributed by atoms with E-state index in [9.17, 15) is 22.8 Å². The molecule has 1 fully saturated rings. The molecule has 2 aromatic carbocycles. The first-order chi connectivity index (χ1) is 14.8. The van der Waals surface area contributed by atoms with Crippen LogP contribution in [0, 0.1) is 0 Å². The van der Waals surface area contributed by atoms with Gasteiger partial charge < -0.3 is 9.80 Å². The molecule has 4 rings (SSSR count). The largest absolute Gasteiger partial charge is 0.416 e. The molecule has 0 aliphatic carbocycles. The number of nitrogens with zero attached hydrogens (tertiary/aromatic N) is 3. The van der Waals surface area contributed by atoms with E-state index in [1.54, 1.807) is 39.4 Å². The van der Waals surface area contributed by atoms with E-state index in [1.165, 1.54) is 12.1 Å². The first-order valence-corrected chi connectivity index (χ1v) is 10.5. The number of rotatable bonds is 3. The number of carbonyl (C=O) groups excluding carboxylic acids is 2. The molecule has 0 bridgehead atoms. The average molecular weight is 445 g/mol. The predicted octanol–water partition coefficient (Wildman–Crippen LogP) is 4.43. The summed E-state index contributed by atoms with van der Waals surface area (Å²) in [5.41, 5.74) is 0.359. The zero-order valence-electron chi connectivity index (χ0n) is 16.3. The van der Waals surface area contributed by atoms with Gasteiger partial charge in [0.1, 0.15) is 10.7 Å². The van der Waals surface area contributed by atoms with Crippen LogP contribution in [0.3, 0.4) is 0 Å². The number of thiazole rings is 1. The lowest BCUT2D eigenvalue weighted by Crippen LogP contribution is -2.50. The number of hydrogen-bond donors (Lipinski definition) is 0. The van der Waals surface area contributed by atoms with Crippen LogP contribution in [-0.4, -0.2) is 52.8 Å². The molecule has 0 radical (unpaired) electrons. The number of amides is 2. The zero-order valence-corrected chi connectivity index (χ0v) is 17.1. The number of alkyl halides is 3. The highest BCUT2D eigenvalue weighted by atomic mass is 32.1. The van der Waals surface area contributed by atoms with Gasteiger partial charge in [0, 0.05) is 42.7 Å². The van der Waals surface area contributed by atoms with Crippen molar-refractivity contribution >= 4 is 23.2 Å². The second-order valence-corrected chi connectivity index (χ2v) is 7.92. The Hall–Kier alpha value is -3.20. The lowest BCUT2D eigenvalue weighted by molar-refractivity contribution is -0.137. The van der Waals surface area contributed by atoms with Crippen molar-refractivity contribution in [3.63, 3.8) is 0 Å². The summed E-state index contributed by atoms with van der Waals surface area (Å²) in [4.78, 5) is 32.9. The van der Waals surface area contributed by atoms with Gasteiger partial charge in [-0.05, 0) is 24.3 Å². The number of piperazine rings is 1. The van der Waals surface area contributed by atoms with Gasteiger partial charge in [-0.1, -0.05) is 30.3 Å². The Balaban J connectivity index is 1.42. The van der Waals surface area contributed by atoms with Gasteiger partial charge in [-0.25, -0.2) is 4.98 Å². The van der Waals surface area contributed by atoms with Crippen molar-refractivity contribution in [3.8, 4) is 10.6 Å². The first-order valence-electron chi connectivity index (χ1n) is 9.60. The summed E-state index contributed by atoms with van der Waals surface area (Å²) in [6.07, 6.45) is -4.44. The molecule has 1 aromatic heterocycles. The van der Waals surface area contributed by atoms with Crippen LogP contribution in [0.4, 0.5) is 13.2 Å². The Bertz CT molecular complexity index is 1090. The number of benzene rings is 2. The second kappa shape index (κ2) is 8.50. The SMILES string of the molecule is O=C(c1ccccc1)N1CCN(C(=O)c2csc(-c3cccc(C(F)(F)F)c3)n2)CC1. The van der Waals surface area contributed by atoms with Crippen LogP contribution in [0.5, 0.6) is 0 Å². The van der Waals surface area contributed by atoms with Crippen LogP contribution in [0.1, 0.15) is 26.4 Å². The van der Waals surface area contributed by atoms with Gasteiger partial charge in [-0.15, -0.1) is 11.3 Å². The highest BCUT2D eigenvalue weighted by Gasteiger charge is 2.31. The number of halogens is 3. The zero-order chi connectivity index (χ0) is 22.0. The summed E-state index contributed by atoms with van der Waals surface area (Å²) in [6.45, 7) is 1.55. The lowest BCUT2D eigenvalue weighted by Gasteiger charge is -2.34. The summed E-state index contributed by atoms with van der Waals surface area (Å²) in [5, 5.41) is 1.91. The quantitative estimate of drug-likeness (QED) is 0.600. The van der Waals surface area contributed by atoms with Gasteiger partial charge in [0.05, 0.1) is 5.56 Å². The van der Waals surface area contributed by atoms with Crippen LogP contribution in [0.2, 0.25) is 0 Å². The van der Waals surface area contributed by atoms with Gasteiger partial charge >= 0.3 is 6.18 Å². The fraction of sp³-hybridized carbons (Fsp3) is 0.227. The summed E-state index contributed by atoms with van der Waals surface area (Å²) in [5.74, 6) is -0.366. The van der Waals surface area contributed by atoms with Crippen molar-refractivity contribution in [1.82, 2.24) is 14.8 Å². The van der Waals surface area contributed by atoms with E-state index in [4.69, 9.17) is 0 Å². The summed E-state index contributed by atoms with van der Waals surface area (Å²) in [6, 6.07) is 13.8. The fourth-order valence-electron chi connectivity index (χ4n) is 3.37. The molecule has 3 aromatic rings. The second-order valence-electron chi connectivity index (χ2n) is 7.07. The molecule has 0 saturated carbocycles. The van der Waals surface area contributed by atoms with E-state index in [1.807, 2.05) is 6.07 Å². The van der Waals surface area contributed by atoms with Crippen LogP contribution in [0.15, 0.2) is 60.0 Å². The van der Waals surface area contributed by atoms with E-state index in [0.717, 1.165) is 23.5 Å². The third-order valence-electron chi connectivity index (χ3n) is 5.03. The smallest absolute Gasteiger partial charge is 0.335 e. The van der Waals surface area contributed by atoms with E-state index >= 15 is 0 Å². The van der Waals surface area contributed by atoms with Crippen molar-refractivity contribution in [1.29, 1.82) is 0 Å². The Labute approximate surface area is 180 Å². The minimum Gasteiger partial charge on any atom is -0.335 e. The average Bonchev–Trinajstić information content (AvgIpc) is 3.29. The van der Waals surface area contributed by atoms with Crippen molar-refractivity contribution in [2.24, 2.45) is 0 Å². The first kappa shape index (κ1) is 21.0. The van der Waals surface area contributed by atoms with Gasteiger partial charge in [0.2, 0.25) is 0 Å². The van der Waals surface area contributed by atoms with Gasteiger partial charge in [0.15, 0.2) is 0 Å². The number of aromatic nitrogens is 1. The number of carbonyl (C=O) groups is 2. The maximum absolute atomic E-state index is 13.0. The minimum atomic E-state index is -4.44. The maximum atomic E-state index is 13.0. The predicted molar refractivity (Wildman–Crippen MR) is 111 cm³/mol. The van der Waals surface area contributed by atoms with E-state index < -0.39 is 11.7 Å². The standard InChI is InChI=1S/C22H18F3N3O2S/c23-22(24,25)17-8-4-7-16(13-17)19-26-18(14-31-19)21(30)28-11-9-27(10-12-28)20(29)15-5-2-1-3-6-15/h1-8,13-14H,9-12H2. The molecular formula is C22H18F3N3O2S. The van der Waals surface area contributed by atoms with Gasteiger partial charge in [-0.3, -0.25) is 9.59 Å². The maximum Gasteiger partial charge on any atom is 0.416 e. The Morgan fingerprint density at radius 2 is 1.52 bits per heavy atom. The van der Waals surface area contributed by atoms with Crippen molar-refractivity contribution < 1.29 is 22.8 Å². The minimum absolute atomic E-state index is 0.0757. The van der Waals surface area contributed by atoms with Gasteiger partial charge in [0.25, 0.3) is 11.8 Å². The molecule has 1 aliphatic rings. The molecule has 31 heavy (non-hydrogen) atoms. The normalized spacial score (nSPS) is 14.5. The van der Waals surface area contributed by atoms with E-state index in [2.05, 4.69) is 4.98 Å². The Kier molecular flexibility index (Phi) is 5.77. The number of hydrogen-bond acceptors (Lipinski definition) is 4. The summed E-state index contributed by atoms with van der Waals surface area (Å²) in [7, 11) is 0. The topological polar surface area (TPSA) is 53.5 Å².